The van der Waals surface area contributed by atoms with E-state index in [1.165, 1.54) is 19.4 Å². The molecule has 1 aromatic heterocycles. The highest BCUT2D eigenvalue weighted by Gasteiger charge is 2.23. The first-order chi connectivity index (χ1) is 20.6. The molecule has 43 heavy (non-hydrogen) atoms. The minimum atomic E-state index is -0.702. The zero-order chi connectivity index (χ0) is 30.8. The van der Waals surface area contributed by atoms with Gasteiger partial charge in [-0.2, -0.15) is 5.10 Å². The van der Waals surface area contributed by atoms with E-state index in [0.717, 1.165) is 4.47 Å². The number of benzene rings is 4. The number of aromatic nitrogens is 1. The van der Waals surface area contributed by atoms with E-state index >= 15 is 0 Å². The van der Waals surface area contributed by atoms with Crippen molar-refractivity contribution in [3.05, 3.63) is 112 Å². The smallest absolute Gasteiger partial charge is 0.347 e. The summed E-state index contributed by atoms with van der Waals surface area (Å²) in [5.74, 6) is -0.797. The monoisotopic (exact) mass is 825 g/mol. The molecule has 5 aromatic rings. The van der Waals surface area contributed by atoms with E-state index in [0.29, 0.717) is 57.4 Å². The van der Waals surface area contributed by atoms with Gasteiger partial charge in [0.1, 0.15) is 17.0 Å². The number of methoxy groups -OCH3 is 1. The van der Waals surface area contributed by atoms with Gasteiger partial charge in [-0.25, -0.2) is 10.2 Å². The quantitative estimate of drug-likeness (QED) is 0.0740. The van der Waals surface area contributed by atoms with Crippen molar-refractivity contribution in [3.63, 3.8) is 0 Å². The second-order valence-electron chi connectivity index (χ2n) is 8.90. The van der Waals surface area contributed by atoms with E-state index in [-0.39, 0.29) is 17.0 Å². The fourth-order valence-electron chi connectivity index (χ4n) is 4.32. The molecule has 13 heteroatoms. The molecule has 218 valence electrons. The summed E-state index contributed by atoms with van der Waals surface area (Å²) >= 11 is 29.5. The summed E-state index contributed by atoms with van der Waals surface area (Å²) in [5.41, 5.74) is 5.03. The summed E-state index contributed by atoms with van der Waals surface area (Å²) in [6.45, 7) is 0. The summed E-state index contributed by atoms with van der Waals surface area (Å²) in [5, 5.41) is 6.07. The molecule has 1 amide bonds. The molecule has 5 rings (SSSR count). The number of hydrogen-bond donors (Lipinski definition) is 2. The van der Waals surface area contributed by atoms with Gasteiger partial charge in [-0.15, -0.1) is 0 Å². The van der Waals surface area contributed by atoms with Crippen LogP contribution in [0.2, 0.25) is 15.1 Å². The Morgan fingerprint density at radius 1 is 0.930 bits per heavy atom. The molecule has 0 saturated heterocycles. The molecule has 0 bridgehead atoms. The first kappa shape index (κ1) is 31.6. The predicted molar refractivity (Wildman–Crippen MR) is 181 cm³/mol. The number of carbonyl (C=O) groups excluding carboxylic acids is 2. The SMILES string of the molecule is COc1ccc(Cl)cc1C(=O)Oc1c(Br)cc(Br)cc1C=NNC(=O)c1[nH]c2c(Cl)cc(Br)cc2c1-c1ccccc1Cl. The van der Waals surface area contributed by atoms with Crippen molar-refractivity contribution in [2.75, 3.05) is 7.11 Å². The van der Waals surface area contributed by atoms with Crippen molar-refractivity contribution in [3.8, 4) is 22.6 Å². The molecule has 0 aliphatic rings. The molecule has 0 atom stereocenters. The summed E-state index contributed by atoms with van der Waals surface area (Å²) in [7, 11) is 1.44. The minimum absolute atomic E-state index is 0.136. The number of amides is 1. The van der Waals surface area contributed by atoms with E-state index in [4.69, 9.17) is 44.3 Å². The number of rotatable bonds is 7. The lowest BCUT2D eigenvalue weighted by Crippen LogP contribution is -2.19. The van der Waals surface area contributed by atoms with Gasteiger partial charge in [0.15, 0.2) is 5.75 Å². The Hall–Kier alpha value is -2.86. The summed E-state index contributed by atoms with van der Waals surface area (Å²) < 4.78 is 12.9. The fraction of sp³-hybridized carbons (Fsp3) is 0.0333. The Bertz CT molecular complexity index is 1950. The standard InChI is InChI=1S/C30H17Br3Cl3N3O4/c1-42-24-7-6-17(34)12-19(24)30(41)43-28-14(8-15(31)10-21(28)33)13-37-39-29(40)27-25(18-4-2-3-5-22(18)35)20-9-16(32)11-23(36)26(20)38-27/h2-13,38H,1H3,(H,39,40). The number of carbonyl (C=O) groups is 2. The van der Waals surface area contributed by atoms with Gasteiger partial charge in [-0.1, -0.05) is 84.9 Å². The van der Waals surface area contributed by atoms with Crippen molar-refractivity contribution in [2.45, 2.75) is 0 Å². The van der Waals surface area contributed by atoms with Crippen molar-refractivity contribution < 1.29 is 19.1 Å². The molecule has 0 fully saturated rings. The number of ether oxygens (including phenoxy) is 2. The van der Waals surface area contributed by atoms with E-state index < -0.39 is 11.9 Å². The van der Waals surface area contributed by atoms with Crippen LogP contribution in [0.15, 0.2) is 85.2 Å². The number of hydrazone groups is 1. The molecule has 7 nitrogen and oxygen atoms in total. The van der Waals surface area contributed by atoms with Crippen LogP contribution in [-0.2, 0) is 0 Å². The van der Waals surface area contributed by atoms with Gasteiger partial charge in [0, 0.05) is 41.1 Å². The third-order valence-corrected chi connectivity index (χ3v) is 8.55. The van der Waals surface area contributed by atoms with Crippen molar-refractivity contribution in [2.24, 2.45) is 5.10 Å². The van der Waals surface area contributed by atoms with Crippen LogP contribution in [0.5, 0.6) is 11.5 Å². The first-order valence-corrected chi connectivity index (χ1v) is 15.7. The Labute approximate surface area is 285 Å². The lowest BCUT2D eigenvalue weighted by atomic mass is 10.0. The van der Waals surface area contributed by atoms with Crippen molar-refractivity contribution >= 4 is 112 Å². The molecule has 0 spiro atoms. The molecule has 0 saturated carbocycles. The predicted octanol–water partition coefficient (Wildman–Crippen LogP) is 10.1. The Balaban J connectivity index is 1.48. The van der Waals surface area contributed by atoms with Crippen LogP contribution in [0, 0.1) is 0 Å². The average Bonchev–Trinajstić information content (AvgIpc) is 3.34. The van der Waals surface area contributed by atoms with Crippen LogP contribution >= 0.6 is 82.6 Å². The van der Waals surface area contributed by atoms with Crippen LogP contribution in [0.25, 0.3) is 22.0 Å². The molecule has 0 unspecified atom stereocenters. The van der Waals surface area contributed by atoms with Gasteiger partial charge < -0.3 is 14.5 Å². The number of nitrogens with one attached hydrogen (secondary N) is 2. The third-order valence-electron chi connectivity index (χ3n) is 6.18. The average molecular weight is 830 g/mol. The number of hydrogen-bond acceptors (Lipinski definition) is 5. The normalized spacial score (nSPS) is 11.2. The van der Waals surface area contributed by atoms with Crippen LogP contribution in [0.1, 0.15) is 26.4 Å². The number of H-pyrrole nitrogens is 1. The van der Waals surface area contributed by atoms with Gasteiger partial charge >= 0.3 is 5.97 Å². The lowest BCUT2D eigenvalue weighted by Gasteiger charge is -2.12. The zero-order valence-electron chi connectivity index (χ0n) is 21.8. The molecule has 4 aromatic carbocycles. The van der Waals surface area contributed by atoms with Crippen LogP contribution in [-0.4, -0.2) is 30.2 Å². The number of halogens is 6. The van der Waals surface area contributed by atoms with E-state index in [2.05, 4.69) is 63.3 Å². The van der Waals surface area contributed by atoms with Gasteiger partial charge in [0.2, 0.25) is 0 Å². The number of esters is 1. The summed E-state index contributed by atoms with van der Waals surface area (Å²) in [6, 6.07) is 18.8. The maximum absolute atomic E-state index is 13.5. The fourth-order valence-corrected chi connectivity index (χ4v) is 6.92. The third kappa shape index (κ3) is 6.79. The summed E-state index contributed by atoms with van der Waals surface area (Å²) in [6.07, 6.45) is 1.35. The molecular formula is C30H17Br3Cl3N3O4. The van der Waals surface area contributed by atoms with Crippen LogP contribution in [0.4, 0.5) is 0 Å². The van der Waals surface area contributed by atoms with E-state index in [1.807, 2.05) is 18.2 Å². The Kier molecular flexibility index (Phi) is 9.85. The molecule has 0 aliphatic carbocycles. The lowest BCUT2D eigenvalue weighted by molar-refractivity contribution is 0.0729. The molecular weight excluding hydrogens is 812 g/mol. The molecule has 2 N–H and O–H groups in total. The number of aromatic amines is 1. The Morgan fingerprint density at radius 3 is 2.42 bits per heavy atom. The molecule has 1 heterocycles. The van der Waals surface area contributed by atoms with E-state index in [1.54, 1.807) is 42.5 Å². The maximum Gasteiger partial charge on any atom is 0.347 e. The first-order valence-electron chi connectivity index (χ1n) is 12.2. The molecule has 0 aliphatic heterocycles. The second-order valence-corrected chi connectivity index (χ2v) is 12.8. The maximum atomic E-state index is 13.5. The molecule has 0 radical (unpaired) electrons. The number of fused-ring (bicyclic) bond motifs is 1. The highest BCUT2D eigenvalue weighted by molar-refractivity contribution is 9.11. The second kappa shape index (κ2) is 13.4. The van der Waals surface area contributed by atoms with Gasteiger partial charge in [0.25, 0.3) is 5.91 Å². The van der Waals surface area contributed by atoms with Crippen molar-refractivity contribution in [1.82, 2.24) is 10.4 Å². The summed E-state index contributed by atoms with van der Waals surface area (Å²) in [4.78, 5) is 29.7. The van der Waals surface area contributed by atoms with Crippen LogP contribution < -0.4 is 14.9 Å². The largest absolute Gasteiger partial charge is 0.496 e. The highest BCUT2D eigenvalue weighted by atomic mass is 79.9. The highest BCUT2D eigenvalue weighted by Crippen LogP contribution is 2.40. The zero-order valence-corrected chi connectivity index (χ0v) is 28.8. The van der Waals surface area contributed by atoms with E-state index in [9.17, 15) is 9.59 Å². The minimum Gasteiger partial charge on any atom is -0.496 e. The van der Waals surface area contributed by atoms with Crippen molar-refractivity contribution in [1.29, 1.82) is 0 Å². The van der Waals surface area contributed by atoms with Gasteiger partial charge in [-0.3, -0.25) is 4.79 Å². The number of nitrogens with zero attached hydrogens (tertiary/aromatic N) is 1. The Morgan fingerprint density at radius 2 is 1.67 bits per heavy atom. The topological polar surface area (TPSA) is 92.8 Å². The van der Waals surface area contributed by atoms with Gasteiger partial charge in [-0.05, 0) is 64.5 Å². The van der Waals surface area contributed by atoms with Gasteiger partial charge in [0.05, 0.1) is 28.3 Å². The van der Waals surface area contributed by atoms with Crippen LogP contribution in [0.3, 0.4) is 0 Å².